The van der Waals surface area contributed by atoms with Crippen LogP contribution in [0.5, 0.6) is 5.75 Å². The molecule has 7 heteroatoms. The zero-order chi connectivity index (χ0) is 11.3. The van der Waals surface area contributed by atoms with Crippen LogP contribution in [-0.2, 0) is 4.57 Å². The van der Waals surface area contributed by atoms with Gasteiger partial charge in [0.15, 0.2) is 0 Å². The molecule has 1 aliphatic rings. The summed E-state index contributed by atoms with van der Waals surface area (Å²) in [5.74, 6) is 0.991. The van der Waals surface area contributed by atoms with Crippen LogP contribution in [0.15, 0.2) is 30.3 Å². The number of ether oxygens (including phenoxy) is 1. The average Bonchev–Trinajstić information content (AvgIpc) is 2.16. The minimum atomic E-state index is -5.39. The van der Waals surface area contributed by atoms with Crippen molar-refractivity contribution in [2.24, 2.45) is 0 Å². The summed E-state index contributed by atoms with van der Waals surface area (Å²) in [5.41, 5.74) is 1.17. The van der Waals surface area contributed by atoms with Gasteiger partial charge in [0.2, 0.25) is 0 Å². The molecule has 0 saturated heterocycles. The van der Waals surface area contributed by atoms with E-state index in [1.807, 2.05) is 30.3 Å². The summed E-state index contributed by atoms with van der Waals surface area (Å²) >= 11 is 0. The molecule has 0 saturated carbocycles. The number of phosphoric acid groups is 1. The minimum Gasteiger partial charge on any atom is -0.822 e. The molecule has 2 rings (SSSR count). The molecule has 0 aliphatic carbocycles. The van der Waals surface area contributed by atoms with Crippen LogP contribution in [0, 0.1) is 0 Å². The maximum atomic E-state index is 8.55. The summed E-state index contributed by atoms with van der Waals surface area (Å²) in [7, 11) is -5.39. The first-order chi connectivity index (χ1) is 6.97. The number of hydrogen-bond acceptors (Lipinski definition) is 5. The smallest absolute Gasteiger partial charge is 0.822 e. The number of hydrogen-bond donors (Lipinski definition) is 0. The Bertz CT molecular complexity index is 392. The predicted octanol–water partition coefficient (Wildman–Crippen LogP) is -1.11. The Labute approximate surface area is 104 Å². The van der Waals surface area contributed by atoms with E-state index in [-0.39, 0.29) is 17.4 Å². The fourth-order valence-electron chi connectivity index (χ4n) is 1.06. The van der Waals surface area contributed by atoms with Crippen molar-refractivity contribution in [3.05, 3.63) is 35.9 Å². The SMILES string of the molecule is C1=Cc2ccccc2OC1.O=P([O-])([O-])[O-].[Al+3]. The molecular formula is C9H8AlO5P. The van der Waals surface area contributed by atoms with Gasteiger partial charge >= 0.3 is 17.4 Å². The quantitative estimate of drug-likeness (QED) is 0.432. The van der Waals surface area contributed by atoms with Crippen LogP contribution in [0.4, 0.5) is 0 Å². The van der Waals surface area contributed by atoms with Gasteiger partial charge in [-0.15, -0.1) is 0 Å². The van der Waals surface area contributed by atoms with Crippen LogP contribution in [0.2, 0.25) is 0 Å². The van der Waals surface area contributed by atoms with Gasteiger partial charge in [0.05, 0.1) is 0 Å². The van der Waals surface area contributed by atoms with Crippen LogP contribution in [-0.4, -0.2) is 24.0 Å². The molecule has 0 radical (unpaired) electrons. The van der Waals surface area contributed by atoms with E-state index in [0.717, 1.165) is 5.75 Å². The molecule has 1 aliphatic heterocycles. The van der Waals surface area contributed by atoms with Crippen molar-refractivity contribution < 1.29 is 24.0 Å². The third kappa shape index (κ3) is 6.81. The second kappa shape index (κ2) is 6.87. The fourth-order valence-corrected chi connectivity index (χ4v) is 1.06. The van der Waals surface area contributed by atoms with E-state index in [9.17, 15) is 0 Å². The largest absolute Gasteiger partial charge is 3.00 e. The maximum absolute atomic E-state index is 8.55. The Balaban J connectivity index is 0.000000330. The van der Waals surface area contributed by atoms with Crippen LogP contribution in [0.3, 0.4) is 0 Å². The summed E-state index contributed by atoms with van der Waals surface area (Å²) in [5, 5.41) is 0. The molecule has 0 fully saturated rings. The van der Waals surface area contributed by atoms with Crippen molar-refractivity contribution in [2.45, 2.75) is 0 Å². The third-order valence-electron chi connectivity index (χ3n) is 1.55. The molecule has 0 bridgehead atoms. The summed E-state index contributed by atoms with van der Waals surface area (Å²) in [6.07, 6.45) is 4.10. The second-order valence-electron chi connectivity index (χ2n) is 2.70. The number of fused-ring (bicyclic) bond motifs is 1. The molecule has 0 atom stereocenters. The van der Waals surface area contributed by atoms with Gasteiger partial charge in [0, 0.05) is 5.56 Å². The van der Waals surface area contributed by atoms with Crippen molar-refractivity contribution in [3.63, 3.8) is 0 Å². The molecule has 1 heterocycles. The molecule has 1 aromatic rings. The molecule has 1 aromatic carbocycles. The van der Waals surface area contributed by atoms with Crippen molar-refractivity contribution in [3.8, 4) is 5.75 Å². The van der Waals surface area contributed by atoms with Crippen LogP contribution >= 0.6 is 7.82 Å². The molecule has 5 nitrogen and oxygen atoms in total. The first kappa shape index (κ1) is 15.4. The Morgan fingerprint density at radius 3 is 2.31 bits per heavy atom. The Morgan fingerprint density at radius 2 is 1.75 bits per heavy atom. The molecule has 0 aromatic heterocycles. The standard InChI is InChI=1S/C9H8O.Al.H3O4P/c1-2-6-9-8(4-1)5-3-7-10-9;;1-5(2,3)4/h1-6H,7H2;;(H3,1,2,3,4)/q;+3;/p-3. The van der Waals surface area contributed by atoms with Crippen molar-refractivity contribution in [1.82, 2.24) is 0 Å². The average molecular weight is 254 g/mol. The summed E-state index contributed by atoms with van der Waals surface area (Å²) in [6, 6.07) is 8.03. The van der Waals surface area contributed by atoms with Gasteiger partial charge in [-0.05, 0) is 12.1 Å². The number of rotatable bonds is 0. The van der Waals surface area contributed by atoms with Gasteiger partial charge in [0.1, 0.15) is 12.4 Å². The Kier molecular flexibility index (Phi) is 6.62. The van der Waals surface area contributed by atoms with Gasteiger partial charge in [-0.3, -0.25) is 0 Å². The van der Waals surface area contributed by atoms with Gasteiger partial charge < -0.3 is 24.0 Å². The topological polar surface area (TPSA) is 95.5 Å². The van der Waals surface area contributed by atoms with E-state index in [1.165, 1.54) is 5.56 Å². The second-order valence-corrected chi connectivity index (χ2v) is 3.59. The summed E-state index contributed by atoms with van der Waals surface area (Å²) in [4.78, 5) is 25.6. The Morgan fingerprint density at radius 1 is 1.19 bits per heavy atom. The zero-order valence-corrected chi connectivity index (χ0v) is 10.3. The maximum Gasteiger partial charge on any atom is 3.00 e. The van der Waals surface area contributed by atoms with Crippen molar-refractivity contribution >= 4 is 31.3 Å². The fraction of sp³-hybridized carbons (Fsp3) is 0.111. The number of para-hydroxylation sites is 1. The normalized spacial score (nSPS) is 12.4. The molecular weight excluding hydrogens is 246 g/mol. The molecule has 16 heavy (non-hydrogen) atoms. The van der Waals surface area contributed by atoms with E-state index in [1.54, 1.807) is 0 Å². The minimum absolute atomic E-state index is 0. The van der Waals surface area contributed by atoms with E-state index in [0.29, 0.717) is 6.61 Å². The van der Waals surface area contributed by atoms with E-state index < -0.39 is 7.82 Å². The Hall–Kier alpha value is -0.598. The number of benzene rings is 1. The van der Waals surface area contributed by atoms with Gasteiger partial charge in [0.25, 0.3) is 0 Å². The van der Waals surface area contributed by atoms with Crippen LogP contribution in [0.1, 0.15) is 5.56 Å². The van der Waals surface area contributed by atoms with E-state index >= 15 is 0 Å². The molecule has 0 unspecified atom stereocenters. The summed E-state index contributed by atoms with van der Waals surface area (Å²) in [6.45, 7) is 0.705. The van der Waals surface area contributed by atoms with Crippen LogP contribution in [0.25, 0.3) is 6.08 Å². The van der Waals surface area contributed by atoms with Gasteiger partial charge in [-0.2, -0.15) is 7.82 Å². The van der Waals surface area contributed by atoms with Crippen LogP contribution < -0.4 is 19.4 Å². The monoisotopic (exact) mass is 254 g/mol. The van der Waals surface area contributed by atoms with Crippen molar-refractivity contribution in [2.75, 3.05) is 6.61 Å². The van der Waals surface area contributed by atoms with Crippen molar-refractivity contribution in [1.29, 1.82) is 0 Å². The molecule has 0 spiro atoms. The first-order valence-corrected chi connectivity index (χ1v) is 5.54. The van der Waals surface area contributed by atoms with Gasteiger partial charge in [-0.25, -0.2) is 0 Å². The molecule has 0 amide bonds. The molecule has 82 valence electrons. The first-order valence-electron chi connectivity index (χ1n) is 4.08. The molecule has 0 N–H and O–H groups in total. The predicted molar refractivity (Wildman–Crippen MR) is 54.3 cm³/mol. The zero-order valence-electron chi connectivity index (χ0n) is 8.24. The third-order valence-corrected chi connectivity index (χ3v) is 1.55. The van der Waals surface area contributed by atoms with Gasteiger partial charge in [-0.1, -0.05) is 24.3 Å². The summed E-state index contributed by atoms with van der Waals surface area (Å²) < 4.78 is 13.9. The van der Waals surface area contributed by atoms with E-state index in [4.69, 9.17) is 24.0 Å². The van der Waals surface area contributed by atoms with E-state index in [2.05, 4.69) is 6.08 Å².